The standard InChI is InChI=1S/C18H25F2N5O/c1-13(24-10-8-23(9-11-24)12-16(26)22(2)3)17-21-14-6-4-5-7-15(14)25(17)18(19)20/h4-7,13,18H,8-12H2,1-3H3/t13-/m0/s1. The quantitative estimate of drug-likeness (QED) is 0.815. The van der Waals surface area contributed by atoms with E-state index in [4.69, 9.17) is 0 Å². The third-order valence-corrected chi connectivity index (χ3v) is 5.00. The van der Waals surface area contributed by atoms with Crippen molar-refractivity contribution in [2.45, 2.75) is 19.5 Å². The predicted molar refractivity (Wildman–Crippen MR) is 96.1 cm³/mol. The maximum absolute atomic E-state index is 13.7. The highest BCUT2D eigenvalue weighted by atomic mass is 19.3. The van der Waals surface area contributed by atoms with Crippen molar-refractivity contribution in [3.8, 4) is 0 Å². The molecule has 3 rings (SSSR count). The van der Waals surface area contributed by atoms with Crippen LogP contribution in [0, 0.1) is 0 Å². The van der Waals surface area contributed by atoms with E-state index in [-0.39, 0.29) is 11.9 Å². The van der Waals surface area contributed by atoms with Crippen molar-refractivity contribution in [1.82, 2.24) is 24.3 Å². The molecule has 0 aliphatic carbocycles. The van der Waals surface area contributed by atoms with Gasteiger partial charge in [-0.3, -0.25) is 19.2 Å². The van der Waals surface area contributed by atoms with Gasteiger partial charge in [0.2, 0.25) is 5.91 Å². The van der Waals surface area contributed by atoms with Crippen LogP contribution in [0.3, 0.4) is 0 Å². The van der Waals surface area contributed by atoms with E-state index in [0.717, 1.165) is 17.7 Å². The van der Waals surface area contributed by atoms with Crippen LogP contribution in [0.4, 0.5) is 8.78 Å². The lowest BCUT2D eigenvalue weighted by atomic mass is 10.2. The van der Waals surface area contributed by atoms with Crippen LogP contribution >= 0.6 is 0 Å². The first-order chi connectivity index (χ1) is 12.4. The van der Waals surface area contributed by atoms with Gasteiger partial charge < -0.3 is 4.90 Å². The summed E-state index contributed by atoms with van der Waals surface area (Å²) in [4.78, 5) is 22.1. The Hall–Kier alpha value is -2.06. The molecule has 1 aliphatic heterocycles. The number of aromatic nitrogens is 2. The molecule has 0 saturated carbocycles. The zero-order valence-corrected chi connectivity index (χ0v) is 15.4. The Balaban J connectivity index is 1.73. The van der Waals surface area contributed by atoms with Crippen LogP contribution in [0.25, 0.3) is 11.0 Å². The third kappa shape index (κ3) is 3.71. The minimum atomic E-state index is -2.63. The number of benzene rings is 1. The van der Waals surface area contributed by atoms with Gasteiger partial charge in [0, 0.05) is 40.3 Å². The molecular weight excluding hydrogens is 340 g/mol. The number of hydrogen-bond donors (Lipinski definition) is 0. The number of carbonyl (C=O) groups excluding carboxylic acids is 1. The molecule has 1 fully saturated rings. The van der Waals surface area contributed by atoms with Gasteiger partial charge in [-0.15, -0.1) is 0 Å². The minimum absolute atomic E-state index is 0.0750. The summed E-state index contributed by atoms with van der Waals surface area (Å²) in [6.45, 7) is 2.59. The van der Waals surface area contributed by atoms with Crippen LogP contribution in [0.5, 0.6) is 0 Å². The summed E-state index contributed by atoms with van der Waals surface area (Å²) < 4.78 is 28.3. The normalized spacial score (nSPS) is 17.8. The predicted octanol–water partition coefficient (Wildman–Crippen LogP) is 2.20. The zero-order chi connectivity index (χ0) is 18.8. The molecule has 0 unspecified atom stereocenters. The number of nitrogens with zero attached hydrogens (tertiary/aromatic N) is 5. The van der Waals surface area contributed by atoms with Crippen molar-refractivity contribution in [2.75, 3.05) is 46.8 Å². The highest BCUT2D eigenvalue weighted by Crippen LogP contribution is 2.29. The first-order valence-corrected chi connectivity index (χ1v) is 8.80. The van der Waals surface area contributed by atoms with Crippen molar-refractivity contribution >= 4 is 16.9 Å². The maximum Gasteiger partial charge on any atom is 0.320 e. The van der Waals surface area contributed by atoms with Gasteiger partial charge in [0.05, 0.1) is 23.6 Å². The fraction of sp³-hybridized carbons (Fsp3) is 0.556. The molecule has 1 aromatic heterocycles. The average Bonchev–Trinajstić information content (AvgIpc) is 3.01. The Morgan fingerprint density at radius 3 is 2.46 bits per heavy atom. The van der Waals surface area contributed by atoms with Crippen molar-refractivity contribution in [3.05, 3.63) is 30.1 Å². The van der Waals surface area contributed by atoms with Gasteiger partial charge in [0.15, 0.2) is 0 Å². The van der Waals surface area contributed by atoms with Crippen LogP contribution in [0.2, 0.25) is 0 Å². The molecule has 8 heteroatoms. The molecule has 1 amide bonds. The van der Waals surface area contributed by atoms with E-state index in [1.165, 1.54) is 0 Å². The summed E-state index contributed by atoms with van der Waals surface area (Å²) in [6.07, 6.45) is 0. The Morgan fingerprint density at radius 1 is 1.19 bits per heavy atom. The molecule has 2 aromatic rings. The molecule has 142 valence electrons. The van der Waals surface area contributed by atoms with E-state index in [0.29, 0.717) is 36.5 Å². The van der Waals surface area contributed by atoms with Gasteiger partial charge >= 0.3 is 6.55 Å². The highest BCUT2D eigenvalue weighted by molar-refractivity contribution is 5.77. The molecule has 2 heterocycles. The Morgan fingerprint density at radius 2 is 1.85 bits per heavy atom. The van der Waals surface area contributed by atoms with E-state index in [1.807, 2.05) is 6.92 Å². The largest absolute Gasteiger partial charge is 0.348 e. The molecule has 0 bridgehead atoms. The Bertz CT molecular complexity index is 768. The van der Waals surface area contributed by atoms with Crippen LogP contribution in [-0.4, -0.2) is 77.0 Å². The van der Waals surface area contributed by atoms with Gasteiger partial charge in [-0.05, 0) is 19.1 Å². The van der Waals surface area contributed by atoms with Crippen molar-refractivity contribution in [2.24, 2.45) is 0 Å². The first kappa shape index (κ1) is 18.7. The second kappa shape index (κ2) is 7.67. The van der Waals surface area contributed by atoms with Crippen molar-refractivity contribution in [3.63, 3.8) is 0 Å². The molecule has 6 nitrogen and oxygen atoms in total. The van der Waals surface area contributed by atoms with Crippen LogP contribution in [0.15, 0.2) is 24.3 Å². The average molecular weight is 365 g/mol. The lowest BCUT2D eigenvalue weighted by molar-refractivity contribution is -0.130. The monoisotopic (exact) mass is 365 g/mol. The number of likely N-dealkylation sites (N-methyl/N-ethyl adjacent to an activating group) is 1. The van der Waals surface area contributed by atoms with Gasteiger partial charge in [-0.25, -0.2) is 4.98 Å². The summed E-state index contributed by atoms with van der Waals surface area (Å²) in [5.41, 5.74) is 1.05. The molecule has 1 aromatic carbocycles. The van der Waals surface area contributed by atoms with Crippen LogP contribution in [0.1, 0.15) is 25.3 Å². The number of alkyl halides is 2. The molecular formula is C18H25F2N5O. The second-order valence-electron chi connectivity index (χ2n) is 6.88. The summed E-state index contributed by atoms with van der Waals surface area (Å²) in [6, 6.07) is 6.77. The van der Waals surface area contributed by atoms with E-state index in [9.17, 15) is 13.6 Å². The molecule has 0 radical (unpaired) electrons. The van der Waals surface area contributed by atoms with Gasteiger partial charge in [-0.2, -0.15) is 8.78 Å². The van der Waals surface area contributed by atoms with E-state index in [1.54, 1.807) is 43.3 Å². The lowest BCUT2D eigenvalue weighted by Gasteiger charge is -2.37. The molecule has 1 saturated heterocycles. The number of amides is 1. The van der Waals surface area contributed by atoms with Gasteiger partial charge in [0.25, 0.3) is 0 Å². The zero-order valence-electron chi connectivity index (χ0n) is 15.4. The maximum atomic E-state index is 13.7. The van der Waals surface area contributed by atoms with Crippen LogP contribution < -0.4 is 0 Å². The minimum Gasteiger partial charge on any atom is -0.348 e. The van der Waals surface area contributed by atoms with Gasteiger partial charge in [0.1, 0.15) is 5.82 Å². The molecule has 1 atom stereocenters. The molecule has 26 heavy (non-hydrogen) atoms. The summed E-state index contributed by atoms with van der Waals surface area (Å²) in [7, 11) is 3.49. The van der Waals surface area contributed by atoms with Crippen molar-refractivity contribution in [1.29, 1.82) is 0 Å². The number of piperazine rings is 1. The fourth-order valence-corrected chi connectivity index (χ4v) is 3.37. The Kier molecular flexibility index (Phi) is 5.52. The lowest BCUT2D eigenvalue weighted by Crippen LogP contribution is -2.50. The number of rotatable bonds is 5. The summed E-state index contributed by atoms with van der Waals surface area (Å²) in [5.74, 6) is 0.463. The van der Waals surface area contributed by atoms with Gasteiger partial charge in [-0.1, -0.05) is 12.1 Å². The molecule has 0 spiro atoms. The van der Waals surface area contributed by atoms with E-state index >= 15 is 0 Å². The first-order valence-electron chi connectivity index (χ1n) is 8.80. The van der Waals surface area contributed by atoms with Crippen LogP contribution in [-0.2, 0) is 4.79 Å². The summed E-state index contributed by atoms with van der Waals surface area (Å²) in [5, 5.41) is 0. The SMILES string of the molecule is C[C@@H](c1nc2ccccc2n1C(F)F)N1CCN(CC(=O)N(C)C)CC1. The van der Waals surface area contributed by atoms with E-state index < -0.39 is 6.55 Å². The number of imidazole rings is 1. The third-order valence-electron chi connectivity index (χ3n) is 5.00. The number of halogens is 2. The highest BCUT2D eigenvalue weighted by Gasteiger charge is 2.28. The van der Waals surface area contributed by atoms with Crippen molar-refractivity contribution < 1.29 is 13.6 Å². The topological polar surface area (TPSA) is 44.6 Å². The number of para-hydroxylation sites is 2. The van der Waals surface area contributed by atoms with E-state index in [2.05, 4.69) is 14.8 Å². The second-order valence-corrected chi connectivity index (χ2v) is 6.88. The number of fused-ring (bicyclic) bond motifs is 1. The molecule has 0 N–H and O–H groups in total. The fourth-order valence-electron chi connectivity index (χ4n) is 3.37. The number of carbonyl (C=O) groups is 1. The smallest absolute Gasteiger partial charge is 0.320 e. The molecule has 1 aliphatic rings. The Labute approximate surface area is 152 Å². The summed E-state index contributed by atoms with van der Waals surface area (Å²) >= 11 is 0. The number of hydrogen-bond acceptors (Lipinski definition) is 4.